The molecule has 0 unspecified atom stereocenters. The highest BCUT2D eigenvalue weighted by Crippen LogP contribution is 2.42. The molecule has 0 amide bonds. The molecule has 12 aromatic carbocycles. The van der Waals surface area contributed by atoms with E-state index in [-0.39, 0.29) is 0 Å². The van der Waals surface area contributed by atoms with Crippen LogP contribution in [-0.2, 0) is 0 Å². The van der Waals surface area contributed by atoms with Gasteiger partial charge in [0.25, 0.3) is 0 Å². The lowest BCUT2D eigenvalue weighted by Gasteiger charge is -2.26. The summed E-state index contributed by atoms with van der Waals surface area (Å²) in [5.41, 5.74) is 22.1. The van der Waals surface area contributed by atoms with Crippen LogP contribution >= 0.6 is 0 Å². The Kier molecular flexibility index (Phi) is 10.8. The van der Waals surface area contributed by atoms with Crippen molar-refractivity contribution in [1.82, 2.24) is 9.13 Å². The maximum Gasteiger partial charge on any atom is 0.0541 e. The molecular weight excluding hydrogens is 907 g/mol. The molecule has 0 N–H and O–H groups in total. The Morgan fingerprint density at radius 3 is 0.853 bits per heavy atom. The third-order valence-corrected chi connectivity index (χ3v) is 14.9. The highest BCUT2D eigenvalue weighted by molar-refractivity contribution is 6.12. The average Bonchev–Trinajstić information content (AvgIpc) is 4.01. The number of anilines is 3. The molecule has 3 nitrogen and oxygen atoms in total. The van der Waals surface area contributed by atoms with E-state index in [4.69, 9.17) is 0 Å². The molecule has 0 saturated heterocycles. The van der Waals surface area contributed by atoms with Gasteiger partial charge in [0.1, 0.15) is 0 Å². The monoisotopic (exact) mass is 955 g/mol. The van der Waals surface area contributed by atoms with Crippen LogP contribution in [0.3, 0.4) is 0 Å². The van der Waals surface area contributed by atoms with Gasteiger partial charge in [0.2, 0.25) is 0 Å². The predicted octanol–water partition coefficient (Wildman–Crippen LogP) is 19.7. The zero-order valence-electron chi connectivity index (χ0n) is 41.1. The van der Waals surface area contributed by atoms with Gasteiger partial charge in [-0.2, -0.15) is 0 Å². The van der Waals surface area contributed by atoms with Gasteiger partial charge in [0, 0.05) is 50.0 Å². The van der Waals surface area contributed by atoms with E-state index in [0.29, 0.717) is 0 Å². The average molecular weight is 956 g/mol. The molecule has 0 atom stereocenters. The summed E-state index contributed by atoms with van der Waals surface area (Å²) in [4.78, 5) is 2.36. The second-order valence-corrected chi connectivity index (χ2v) is 19.3. The molecule has 0 aliphatic heterocycles. The van der Waals surface area contributed by atoms with Crippen molar-refractivity contribution in [3.63, 3.8) is 0 Å². The van der Waals surface area contributed by atoms with Crippen LogP contribution in [0.2, 0.25) is 0 Å². The number of rotatable bonds is 10. The third kappa shape index (κ3) is 7.95. The van der Waals surface area contributed by atoms with Crippen LogP contribution in [0.5, 0.6) is 0 Å². The van der Waals surface area contributed by atoms with Gasteiger partial charge in [-0.3, -0.25) is 0 Å². The van der Waals surface area contributed by atoms with Gasteiger partial charge >= 0.3 is 0 Å². The number of aromatic nitrogens is 2. The quantitative estimate of drug-likeness (QED) is 0.133. The number of para-hydroxylation sites is 4. The van der Waals surface area contributed by atoms with Gasteiger partial charge in [0.05, 0.1) is 22.1 Å². The van der Waals surface area contributed by atoms with Crippen LogP contribution in [0, 0.1) is 0 Å². The van der Waals surface area contributed by atoms with Gasteiger partial charge in [-0.15, -0.1) is 0 Å². The predicted molar refractivity (Wildman–Crippen MR) is 317 cm³/mol. The fraction of sp³-hybridized carbons (Fsp3) is 0. The highest BCUT2D eigenvalue weighted by Gasteiger charge is 2.19. The lowest BCUT2D eigenvalue weighted by atomic mass is 9.92. The Labute approximate surface area is 436 Å². The van der Waals surface area contributed by atoms with E-state index >= 15 is 0 Å². The Balaban J connectivity index is 0.912. The maximum absolute atomic E-state index is 2.39. The Bertz CT molecular complexity index is 4090. The largest absolute Gasteiger partial charge is 0.311 e. The lowest BCUT2D eigenvalue weighted by molar-refractivity contribution is 1.18. The van der Waals surface area contributed by atoms with Gasteiger partial charge in [-0.25, -0.2) is 0 Å². The minimum absolute atomic E-state index is 1.08. The highest BCUT2D eigenvalue weighted by atomic mass is 15.1. The molecule has 0 radical (unpaired) electrons. The van der Waals surface area contributed by atoms with Crippen molar-refractivity contribution < 1.29 is 0 Å². The summed E-state index contributed by atoms with van der Waals surface area (Å²) in [7, 11) is 0. The minimum atomic E-state index is 1.08. The Morgan fingerprint density at radius 1 is 0.187 bits per heavy atom. The number of nitrogens with zero attached hydrogens (tertiary/aromatic N) is 3. The van der Waals surface area contributed by atoms with E-state index in [1.807, 2.05) is 0 Å². The van der Waals surface area contributed by atoms with Gasteiger partial charge in [-0.1, -0.05) is 182 Å². The lowest BCUT2D eigenvalue weighted by Crippen LogP contribution is -2.09. The van der Waals surface area contributed by atoms with Crippen molar-refractivity contribution in [3.05, 3.63) is 297 Å². The minimum Gasteiger partial charge on any atom is -0.311 e. The van der Waals surface area contributed by atoms with Gasteiger partial charge in [-0.05, 0) is 171 Å². The van der Waals surface area contributed by atoms with Crippen LogP contribution in [-0.4, -0.2) is 9.13 Å². The summed E-state index contributed by atoms with van der Waals surface area (Å²) >= 11 is 0. The van der Waals surface area contributed by atoms with Crippen molar-refractivity contribution in [2.24, 2.45) is 0 Å². The van der Waals surface area contributed by atoms with E-state index in [1.165, 1.54) is 77.0 Å². The second kappa shape index (κ2) is 18.6. The van der Waals surface area contributed by atoms with Gasteiger partial charge in [0.15, 0.2) is 0 Å². The van der Waals surface area contributed by atoms with Gasteiger partial charge < -0.3 is 14.0 Å². The smallest absolute Gasteiger partial charge is 0.0541 e. The van der Waals surface area contributed by atoms with E-state index < -0.39 is 0 Å². The summed E-state index contributed by atoms with van der Waals surface area (Å²) in [6.07, 6.45) is 0. The standard InChI is InChI=1S/C72H49N3/c1-5-17-50(18-6-1)52-29-37-62(38-30-52)73(63-39-31-53(32-40-63)51-19-7-2-8-20-51)64-41-33-54(34-42-64)57-45-58(55-35-43-71-67(48-55)65-25-13-15-27-69(65)74(71)60-21-9-3-10-22-60)47-59(46-57)56-36-44-72-68(49-56)66-26-14-16-28-70(66)75(72)61-23-11-4-12-24-61/h1-49H. The van der Waals surface area contributed by atoms with Crippen molar-refractivity contribution in [3.8, 4) is 67.0 Å². The first-order valence-electron chi connectivity index (χ1n) is 25.7. The van der Waals surface area contributed by atoms with Crippen molar-refractivity contribution in [1.29, 1.82) is 0 Å². The summed E-state index contributed by atoms with van der Waals surface area (Å²) in [6.45, 7) is 0. The van der Waals surface area contributed by atoms with Crippen molar-refractivity contribution >= 4 is 60.7 Å². The molecule has 0 spiro atoms. The van der Waals surface area contributed by atoms with Crippen molar-refractivity contribution in [2.75, 3.05) is 4.90 Å². The Hall–Kier alpha value is -9.96. The fourth-order valence-corrected chi connectivity index (χ4v) is 11.3. The first-order chi connectivity index (χ1) is 37.2. The zero-order valence-corrected chi connectivity index (χ0v) is 41.1. The van der Waals surface area contributed by atoms with E-state index in [1.54, 1.807) is 0 Å². The van der Waals surface area contributed by atoms with Crippen LogP contribution in [0.1, 0.15) is 0 Å². The summed E-state index contributed by atoms with van der Waals surface area (Å²) < 4.78 is 4.77. The first kappa shape index (κ1) is 43.8. The summed E-state index contributed by atoms with van der Waals surface area (Å²) in [5.74, 6) is 0. The molecule has 0 aliphatic carbocycles. The number of hydrogen-bond acceptors (Lipinski definition) is 1. The number of benzene rings is 12. The molecule has 0 bridgehead atoms. The molecule has 0 fully saturated rings. The molecule has 352 valence electrons. The molecule has 2 aromatic heterocycles. The van der Waals surface area contributed by atoms with E-state index in [0.717, 1.165) is 50.7 Å². The molecule has 14 rings (SSSR count). The third-order valence-electron chi connectivity index (χ3n) is 14.9. The summed E-state index contributed by atoms with van der Waals surface area (Å²) in [5, 5.41) is 4.93. The molecule has 75 heavy (non-hydrogen) atoms. The van der Waals surface area contributed by atoms with Crippen molar-refractivity contribution in [2.45, 2.75) is 0 Å². The molecule has 0 saturated carbocycles. The SMILES string of the molecule is c1ccc(-c2ccc(N(c3ccc(-c4ccccc4)cc3)c3ccc(-c4cc(-c5ccc6c(c5)c5ccccc5n6-c5ccccc5)cc(-c5ccc6c(c5)c5ccccc5n6-c5ccccc5)c4)cc3)cc2)cc1. The Morgan fingerprint density at radius 2 is 0.467 bits per heavy atom. The molecule has 2 heterocycles. The van der Waals surface area contributed by atoms with Crippen LogP contribution in [0.15, 0.2) is 297 Å². The number of hydrogen-bond donors (Lipinski definition) is 0. The normalized spacial score (nSPS) is 11.5. The molecule has 3 heteroatoms. The van der Waals surface area contributed by atoms with Crippen LogP contribution in [0.25, 0.3) is 111 Å². The number of fused-ring (bicyclic) bond motifs is 6. The maximum atomic E-state index is 2.39. The van der Waals surface area contributed by atoms with Crippen LogP contribution in [0.4, 0.5) is 17.1 Å². The fourth-order valence-electron chi connectivity index (χ4n) is 11.3. The van der Waals surface area contributed by atoms with Crippen LogP contribution < -0.4 is 4.90 Å². The topological polar surface area (TPSA) is 13.1 Å². The second-order valence-electron chi connectivity index (χ2n) is 19.3. The zero-order chi connectivity index (χ0) is 49.7. The molecule has 0 aliphatic rings. The molecular formula is C72H49N3. The van der Waals surface area contributed by atoms with E-state index in [9.17, 15) is 0 Å². The first-order valence-corrected chi connectivity index (χ1v) is 25.7. The van der Waals surface area contributed by atoms with E-state index in [2.05, 4.69) is 311 Å². The molecule has 14 aromatic rings. The summed E-state index contributed by atoms with van der Waals surface area (Å²) in [6, 6.07) is 108.